The van der Waals surface area contributed by atoms with E-state index in [2.05, 4.69) is 11.9 Å². The fourth-order valence-corrected chi connectivity index (χ4v) is 3.80. The molecule has 2 aliphatic heterocycles. The lowest BCUT2D eigenvalue weighted by Crippen LogP contribution is -2.46. The van der Waals surface area contributed by atoms with Crippen LogP contribution < -0.4 is 0 Å². The molecule has 0 amide bonds. The number of ether oxygens (including phenoxy) is 2. The molecule has 0 saturated carbocycles. The van der Waals surface area contributed by atoms with Crippen LogP contribution in [0.2, 0.25) is 0 Å². The van der Waals surface area contributed by atoms with Gasteiger partial charge in [0.1, 0.15) is 12.2 Å². The van der Waals surface area contributed by atoms with Crippen LogP contribution in [-0.2, 0) is 25.5 Å². The van der Waals surface area contributed by atoms with Crippen molar-refractivity contribution in [2.24, 2.45) is 0 Å². The number of fused-ring (bicyclic) bond motifs is 2. The molecule has 0 aliphatic carbocycles. The first-order valence-electron chi connectivity index (χ1n) is 8.15. The van der Waals surface area contributed by atoms with Gasteiger partial charge in [-0.2, -0.15) is 0 Å². The van der Waals surface area contributed by atoms with Gasteiger partial charge in [0.05, 0.1) is 12.5 Å². The second kappa shape index (κ2) is 6.71. The van der Waals surface area contributed by atoms with Crippen LogP contribution in [0.5, 0.6) is 0 Å². The van der Waals surface area contributed by atoms with Crippen molar-refractivity contribution in [3.63, 3.8) is 0 Å². The van der Waals surface area contributed by atoms with Crippen molar-refractivity contribution >= 4 is 11.9 Å². The maximum Gasteiger partial charge on any atom is 0.310 e. The summed E-state index contributed by atoms with van der Waals surface area (Å²) in [6.45, 7) is 1.44. The molecule has 5 heteroatoms. The monoisotopic (exact) mass is 317 g/mol. The van der Waals surface area contributed by atoms with Crippen molar-refractivity contribution in [3.8, 4) is 0 Å². The Morgan fingerprint density at radius 2 is 1.87 bits per heavy atom. The van der Waals surface area contributed by atoms with Crippen LogP contribution in [-0.4, -0.2) is 48.2 Å². The SMILES string of the molecule is CC(=O)O[C@H]1C[C@@H]2C[C@@H](OC(=O)Cc3ccccc3)[C@H](C1)N2C. The highest BCUT2D eigenvalue weighted by atomic mass is 16.6. The van der Waals surface area contributed by atoms with Crippen LogP contribution in [0.4, 0.5) is 0 Å². The van der Waals surface area contributed by atoms with Crippen molar-refractivity contribution in [2.75, 3.05) is 7.05 Å². The molecule has 0 spiro atoms. The minimum absolute atomic E-state index is 0.0588. The average molecular weight is 317 g/mol. The van der Waals surface area contributed by atoms with Gasteiger partial charge in [-0.15, -0.1) is 0 Å². The fraction of sp³-hybridized carbons (Fsp3) is 0.556. The first-order chi connectivity index (χ1) is 11.0. The number of nitrogens with zero attached hydrogens (tertiary/aromatic N) is 1. The van der Waals surface area contributed by atoms with E-state index < -0.39 is 0 Å². The highest BCUT2D eigenvalue weighted by Gasteiger charge is 2.47. The molecule has 2 aliphatic rings. The fourth-order valence-electron chi connectivity index (χ4n) is 3.80. The van der Waals surface area contributed by atoms with E-state index in [-0.39, 0.29) is 30.2 Å². The number of likely N-dealkylation sites (N-methyl/N-ethyl adjacent to an activating group) is 1. The van der Waals surface area contributed by atoms with Gasteiger partial charge < -0.3 is 9.47 Å². The first-order valence-corrected chi connectivity index (χ1v) is 8.15. The second-order valence-electron chi connectivity index (χ2n) is 6.52. The maximum absolute atomic E-state index is 12.2. The molecule has 23 heavy (non-hydrogen) atoms. The Balaban J connectivity index is 1.59. The van der Waals surface area contributed by atoms with E-state index in [0.29, 0.717) is 12.5 Å². The van der Waals surface area contributed by atoms with Gasteiger partial charge in [-0.05, 0) is 12.6 Å². The summed E-state index contributed by atoms with van der Waals surface area (Å²) in [5.41, 5.74) is 0.963. The maximum atomic E-state index is 12.2. The number of hydrogen-bond donors (Lipinski definition) is 0. The van der Waals surface area contributed by atoms with Crippen LogP contribution in [0.15, 0.2) is 30.3 Å². The largest absolute Gasteiger partial charge is 0.462 e. The molecule has 0 N–H and O–H groups in total. The van der Waals surface area contributed by atoms with Crippen molar-refractivity contribution in [1.29, 1.82) is 0 Å². The Morgan fingerprint density at radius 3 is 2.57 bits per heavy atom. The lowest BCUT2D eigenvalue weighted by molar-refractivity contribution is -0.154. The average Bonchev–Trinajstić information content (AvgIpc) is 2.67. The molecule has 2 heterocycles. The lowest BCUT2D eigenvalue weighted by atomic mass is 10.0. The zero-order chi connectivity index (χ0) is 16.4. The second-order valence-corrected chi connectivity index (χ2v) is 6.52. The van der Waals surface area contributed by atoms with Gasteiger partial charge in [-0.3, -0.25) is 14.5 Å². The van der Waals surface area contributed by atoms with Crippen LogP contribution in [0.3, 0.4) is 0 Å². The molecular formula is C18H23NO4. The number of hydrogen-bond acceptors (Lipinski definition) is 5. The normalized spacial score (nSPS) is 30.0. The van der Waals surface area contributed by atoms with Gasteiger partial charge in [0, 0.05) is 32.2 Å². The van der Waals surface area contributed by atoms with Gasteiger partial charge in [0.2, 0.25) is 0 Å². The highest BCUT2D eigenvalue weighted by Crippen LogP contribution is 2.37. The molecule has 2 fully saturated rings. The number of rotatable bonds is 4. The molecule has 124 valence electrons. The van der Waals surface area contributed by atoms with Crippen molar-refractivity contribution in [3.05, 3.63) is 35.9 Å². The summed E-state index contributed by atoms with van der Waals surface area (Å²) in [5, 5.41) is 0. The van der Waals surface area contributed by atoms with Crippen molar-refractivity contribution < 1.29 is 19.1 Å². The number of carbonyl (C=O) groups excluding carboxylic acids is 2. The Morgan fingerprint density at radius 1 is 1.13 bits per heavy atom. The third-order valence-electron chi connectivity index (χ3n) is 4.88. The number of carbonyl (C=O) groups is 2. The predicted molar refractivity (Wildman–Crippen MR) is 84.8 cm³/mol. The molecule has 5 nitrogen and oxygen atoms in total. The van der Waals surface area contributed by atoms with E-state index >= 15 is 0 Å². The minimum atomic E-state index is -0.239. The van der Waals surface area contributed by atoms with E-state index in [9.17, 15) is 9.59 Å². The molecule has 2 saturated heterocycles. The summed E-state index contributed by atoms with van der Waals surface area (Å²) in [4.78, 5) is 25.6. The standard InChI is InChI=1S/C18H23NO4/c1-12(20)22-15-9-14-10-17(16(11-15)19(14)2)23-18(21)8-13-6-4-3-5-7-13/h3-7,14-17H,8-11H2,1-2H3/t14-,15+,16+,17-/m1/s1. The smallest absolute Gasteiger partial charge is 0.310 e. The van der Waals surface area contributed by atoms with Gasteiger partial charge in [0.15, 0.2) is 0 Å². The third-order valence-corrected chi connectivity index (χ3v) is 4.88. The van der Waals surface area contributed by atoms with Crippen LogP contribution in [0.1, 0.15) is 31.7 Å². The Hall–Kier alpha value is -1.88. The Labute approximate surface area is 136 Å². The molecular weight excluding hydrogens is 294 g/mol. The number of piperidine rings is 1. The molecule has 4 atom stereocenters. The zero-order valence-electron chi connectivity index (χ0n) is 13.6. The molecule has 0 unspecified atom stereocenters. The Kier molecular flexibility index (Phi) is 4.66. The van der Waals surface area contributed by atoms with Crippen molar-refractivity contribution in [2.45, 2.75) is 56.9 Å². The van der Waals surface area contributed by atoms with E-state index in [1.54, 1.807) is 0 Å². The summed E-state index contributed by atoms with van der Waals surface area (Å²) in [7, 11) is 2.06. The molecule has 2 bridgehead atoms. The highest BCUT2D eigenvalue weighted by molar-refractivity contribution is 5.72. The van der Waals surface area contributed by atoms with Gasteiger partial charge >= 0.3 is 11.9 Å². The molecule has 1 aromatic rings. The van der Waals surface area contributed by atoms with Gasteiger partial charge in [-0.1, -0.05) is 30.3 Å². The number of esters is 2. The summed E-state index contributed by atoms with van der Waals surface area (Å²) in [5.74, 6) is -0.428. The van der Waals surface area contributed by atoms with Gasteiger partial charge in [-0.25, -0.2) is 0 Å². The first kappa shape index (κ1) is 16.0. The molecule has 1 aromatic carbocycles. The summed E-state index contributed by atoms with van der Waals surface area (Å²) >= 11 is 0. The summed E-state index contributed by atoms with van der Waals surface area (Å²) in [6, 6.07) is 10.1. The minimum Gasteiger partial charge on any atom is -0.462 e. The topological polar surface area (TPSA) is 55.8 Å². The summed E-state index contributed by atoms with van der Waals surface area (Å²) < 4.78 is 11.1. The Bertz CT molecular complexity index is 574. The van der Waals surface area contributed by atoms with E-state index in [1.807, 2.05) is 30.3 Å². The molecule has 0 aromatic heterocycles. The zero-order valence-corrected chi connectivity index (χ0v) is 13.6. The number of benzene rings is 1. The van der Waals surface area contributed by atoms with E-state index in [1.165, 1.54) is 6.92 Å². The lowest BCUT2D eigenvalue weighted by Gasteiger charge is -2.36. The van der Waals surface area contributed by atoms with Crippen LogP contribution in [0.25, 0.3) is 0 Å². The van der Waals surface area contributed by atoms with Crippen LogP contribution >= 0.6 is 0 Å². The molecule has 0 radical (unpaired) electrons. The quantitative estimate of drug-likeness (QED) is 0.794. The summed E-state index contributed by atoms with van der Waals surface area (Å²) in [6.07, 6.45) is 2.50. The molecule has 3 rings (SSSR count). The van der Waals surface area contributed by atoms with Crippen LogP contribution in [0, 0.1) is 0 Å². The van der Waals surface area contributed by atoms with Crippen molar-refractivity contribution in [1.82, 2.24) is 4.90 Å². The van der Waals surface area contributed by atoms with Gasteiger partial charge in [0.25, 0.3) is 0 Å². The van der Waals surface area contributed by atoms with E-state index in [0.717, 1.165) is 24.8 Å². The van der Waals surface area contributed by atoms with E-state index in [4.69, 9.17) is 9.47 Å². The predicted octanol–water partition coefficient (Wildman–Crippen LogP) is 1.94. The third kappa shape index (κ3) is 3.72.